The van der Waals surface area contributed by atoms with E-state index in [4.69, 9.17) is 9.47 Å². The molecule has 1 heterocycles. The van der Waals surface area contributed by atoms with Gasteiger partial charge in [0.25, 0.3) is 0 Å². The van der Waals surface area contributed by atoms with E-state index in [0.29, 0.717) is 17.9 Å². The summed E-state index contributed by atoms with van der Waals surface area (Å²) in [6, 6.07) is 3.35. The molecule has 3 nitrogen and oxygen atoms in total. The standard InChI is InChI=1S/C10H10O3.C2H6/c1-2-3-7-4-9-10(5-8(7)11)13-6-12-9;1-2/h2,4-5,11H,1,3,6H2;1-2H3. The molecule has 0 bridgehead atoms. The number of fused-ring (bicyclic) bond motifs is 1. The molecule has 2 rings (SSSR count). The molecule has 0 radical (unpaired) electrons. The molecule has 15 heavy (non-hydrogen) atoms. The zero-order valence-corrected chi connectivity index (χ0v) is 9.12. The molecular formula is C12H16O3. The molecular weight excluding hydrogens is 192 g/mol. The Morgan fingerprint density at radius 2 is 1.93 bits per heavy atom. The van der Waals surface area contributed by atoms with Crippen LogP contribution in [0.3, 0.4) is 0 Å². The number of phenols is 1. The van der Waals surface area contributed by atoms with Crippen LogP contribution in [-0.2, 0) is 6.42 Å². The lowest BCUT2D eigenvalue weighted by Crippen LogP contribution is -1.92. The van der Waals surface area contributed by atoms with Gasteiger partial charge in [-0.3, -0.25) is 0 Å². The number of aromatic hydroxyl groups is 1. The van der Waals surface area contributed by atoms with Gasteiger partial charge in [0.1, 0.15) is 5.75 Å². The van der Waals surface area contributed by atoms with Gasteiger partial charge in [0.15, 0.2) is 11.5 Å². The lowest BCUT2D eigenvalue weighted by atomic mass is 10.1. The maximum atomic E-state index is 9.52. The fraction of sp³-hybridized carbons (Fsp3) is 0.333. The lowest BCUT2D eigenvalue weighted by molar-refractivity contribution is 0.174. The van der Waals surface area contributed by atoms with Gasteiger partial charge in [0.2, 0.25) is 6.79 Å². The second kappa shape index (κ2) is 5.29. The van der Waals surface area contributed by atoms with Crippen LogP contribution in [0.1, 0.15) is 19.4 Å². The molecule has 1 aliphatic heterocycles. The van der Waals surface area contributed by atoms with E-state index in [9.17, 15) is 5.11 Å². The normalized spacial score (nSPS) is 11.6. The van der Waals surface area contributed by atoms with Gasteiger partial charge in [-0.25, -0.2) is 0 Å². The van der Waals surface area contributed by atoms with Crippen molar-refractivity contribution < 1.29 is 14.6 Å². The summed E-state index contributed by atoms with van der Waals surface area (Å²) in [6.07, 6.45) is 2.36. The van der Waals surface area contributed by atoms with Crippen molar-refractivity contribution in [1.82, 2.24) is 0 Å². The molecule has 3 heteroatoms. The highest BCUT2D eigenvalue weighted by Crippen LogP contribution is 2.37. The number of hydrogen-bond acceptors (Lipinski definition) is 3. The van der Waals surface area contributed by atoms with Crippen molar-refractivity contribution in [3.63, 3.8) is 0 Å². The molecule has 0 saturated carbocycles. The van der Waals surface area contributed by atoms with Crippen LogP contribution in [0.15, 0.2) is 24.8 Å². The van der Waals surface area contributed by atoms with Gasteiger partial charge in [0.05, 0.1) is 0 Å². The number of rotatable bonds is 2. The second-order valence-corrected chi connectivity index (χ2v) is 2.83. The quantitative estimate of drug-likeness (QED) is 0.759. The third-order valence-electron chi connectivity index (χ3n) is 1.94. The maximum Gasteiger partial charge on any atom is 0.231 e. The molecule has 1 aromatic carbocycles. The Hall–Kier alpha value is -1.64. The largest absolute Gasteiger partial charge is 0.508 e. The maximum absolute atomic E-state index is 9.52. The first-order valence-electron chi connectivity index (χ1n) is 5.03. The summed E-state index contributed by atoms with van der Waals surface area (Å²) in [6.45, 7) is 7.84. The number of ether oxygens (including phenoxy) is 2. The van der Waals surface area contributed by atoms with E-state index in [0.717, 1.165) is 5.56 Å². The summed E-state index contributed by atoms with van der Waals surface area (Å²) in [4.78, 5) is 0. The highest BCUT2D eigenvalue weighted by Gasteiger charge is 2.15. The van der Waals surface area contributed by atoms with E-state index < -0.39 is 0 Å². The molecule has 0 fully saturated rings. The van der Waals surface area contributed by atoms with Gasteiger partial charge in [-0.15, -0.1) is 6.58 Å². The fourth-order valence-corrected chi connectivity index (χ4v) is 1.29. The third-order valence-corrected chi connectivity index (χ3v) is 1.94. The van der Waals surface area contributed by atoms with Crippen molar-refractivity contribution in [3.8, 4) is 17.2 Å². The van der Waals surface area contributed by atoms with Gasteiger partial charge < -0.3 is 14.6 Å². The van der Waals surface area contributed by atoms with E-state index in [1.54, 1.807) is 18.2 Å². The highest BCUT2D eigenvalue weighted by atomic mass is 16.7. The zero-order valence-electron chi connectivity index (χ0n) is 9.12. The topological polar surface area (TPSA) is 38.7 Å². The first-order valence-corrected chi connectivity index (χ1v) is 5.03. The Kier molecular flexibility index (Phi) is 4.03. The minimum atomic E-state index is 0.226. The summed E-state index contributed by atoms with van der Waals surface area (Å²) in [5.41, 5.74) is 0.805. The highest BCUT2D eigenvalue weighted by molar-refractivity contribution is 5.51. The first kappa shape index (κ1) is 11.4. The first-order chi connectivity index (χ1) is 7.31. The number of allylic oxidation sites excluding steroid dienone is 1. The second-order valence-electron chi connectivity index (χ2n) is 2.83. The number of hydrogen-bond donors (Lipinski definition) is 1. The minimum Gasteiger partial charge on any atom is -0.508 e. The Labute approximate surface area is 90.0 Å². The molecule has 0 aromatic heterocycles. The molecule has 82 valence electrons. The Balaban J connectivity index is 0.000000531. The van der Waals surface area contributed by atoms with Gasteiger partial charge in [-0.2, -0.15) is 0 Å². The molecule has 0 amide bonds. The van der Waals surface area contributed by atoms with E-state index in [1.807, 2.05) is 13.8 Å². The summed E-state index contributed by atoms with van der Waals surface area (Å²) in [5, 5.41) is 9.52. The van der Waals surface area contributed by atoms with Crippen LogP contribution in [0.5, 0.6) is 17.2 Å². The van der Waals surface area contributed by atoms with E-state index in [2.05, 4.69) is 6.58 Å². The molecule has 1 N–H and O–H groups in total. The van der Waals surface area contributed by atoms with E-state index in [-0.39, 0.29) is 12.5 Å². The summed E-state index contributed by atoms with van der Waals surface area (Å²) < 4.78 is 10.3. The SMILES string of the molecule is C=CCc1cc2c(cc1O)OCO2.CC. The van der Waals surface area contributed by atoms with Crippen molar-refractivity contribution >= 4 is 0 Å². The van der Waals surface area contributed by atoms with Crippen molar-refractivity contribution in [3.05, 3.63) is 30.4 Å². The predicted octanol–water partition coefficient (Wildman–Crippen LogP) is 2.88. The number of phenolic OH excluding ortho intramolecular Hbond substituents is 1. The number of benzene rings is 1. The van der Waals surface area contributed by atoms with Crippen molar-refractivity contribution in [2.45, 2.75) is 20.3 Å². The molecule has 0 unspecified atom stereocenters. The van der Waals surface area contributed by atoms with Crippen molar-refractivity contribution in [1.29, 1.82) is 0 Å². The van der Waals surface area contributed by atoms with Gasteiger partial charge in [0, 0.05) is 11.6 Å². The van der Waals surface area contributed by atoms with Crippen LogP contribution in [0.4, 0.5) is 0 Å². The Bertz CT molecular complexity index is 345. The van der Waals surface area contributed by atoms with Crippen molar-refractivity contribution in [2.75, 3.05) is 6.79 Å². The summed E-state index contributed by atoms with van der Waals surface area (Å²) in [5.74, 6) is 1.52. The fourth-order valence-electron chi connectivity index (χ4n) is 1.29. The third kappa shape index (κ3) is 2.43. The molecule has 0 atom stereocenters. The van der Waals surface area contributed by atoms with Gasteiger partial charge in [-0.1, -0.05) is 19.9 Å². The van der Waals surface area contributed by atoms with Gasteiger partial charge in [-0.05, 0) is 12.5 Å². The Morgan fingerprint density at radius 1 is 1.33 bits per heavy atom. The van der Waals surface area contributed by atoms with Crippen LogP contribution >= 0.6 is 0 Å². The average Bonchev–Trinajstić information content (AvgIpc) is 2.69. The monoisotopic (exact) mass is 208 g/mol. The van der Waals surface area contributed by atoms with Crippen LogP contribution in [-0.4, -0.2) is 11.9 Å². The Morgan fingerprint density at radius 3 is 2.53 bits per heavy atom. The average molecular weight is 208 g/mol. The van der Waals surface area contributed by atoms with Gasteiger partial charge >= 0.3 is 0 Å². The molecule has 0 saturated heterocycles. The summed E-state index contributed by atoms with van der Waals surface area (Å²) in [7, 11) is 0. The smallest absolute Gasteiger partial charge is 0.231 e. The summed E-state index contributed by atoms with van der Waals surface area (Å²) >= 11 is 0. The van der Waals surface area contributed by atoms with Crippen LogP contribution in [0, 0.1) is 0 Å². The molecule has 0 spiro atoms. The minimum absolute atomic E-state index is 0.226. The predicted molar refractivity (Wildman–Crippen MR) is 59.5 cm³/mol. The van der Waals surface area contributed by atoms with Crippen LogP contribution in [0.2, 0.25) is 0 Å². The lowest BCUT2D eigenvalue weighted by Gasteiger charge is -2.02. The zero-order chi connectivity index (χ0) is 11.3. The van der Waals surface area contributed by atoms with E-state index >= 15 is 0 Å². The van der Waals surface area contributed by atoms with Crippen LogP contribution < -0.4 is 9.47 Å². The molecule has 1 aliphatic rings. The van der Waals surface area contributed by atoms with Crippen molar-refractivity contribution in [2.24, 2.45) is 0 Å². The molecule has 1 aromatic rings. The molecule has 0 aliphatic carbocycles. The van der Waals surface area contributed by atoms with E-state index in [1.165, 1.54) is 0 Å². The van der Waals surface area contributed by atoms with Crippen LogP contribution in [0.25, 0.3) is 0 Å².